The number of aryl methyl sites for hydroxylation is 4. The molecule has 0 fully saturated rings. The van der Waals surface area contributed by atoms with Gasteiger partial charge in [-0.25, -0.2) is 9.50 Å². The van der Waals surface area contributed by atoms with Crippen LogP contribution >= 0.6 is 0 Å². The molecule has 0 aromatic carbocycles. The van der Waals surface area contributed by atoms with Gasteiger partial charge in [-0.3, -0.25) is 4.79 Å². The lowest BCUT2D eigenvalue weighted by molar-refractivity contribution is -0.130. The van der Waals surface area contributed by atoms with Crippen LogP contribution in [0, 0.1) is 27.7 Å². The Kier molecular flexibility index (Phi) is 4.61. The Balaban J connectivity index is 1.70. The summed E-state index contributed by atoms with van der Waals surface area (Å²) in [4.78, 5) is 18.8. The van der Waals surface area contributed by atoms with Crippen molar-refractivity contribution in [2.24, 2.45) is 0 Å². The first-order valence-electron chi connectivity index (χ1n) is 8.47. The van der Waals surface area contributed by atoms with Crippen LogP contribution in [0.25, 0.3) is 5.65 Å². The SMILES string of the molecule is Cc1cc2nc(C)c(CCC(=O)N(C)Cc3ccc(C)o3)c(C)n2n1. The molecular weight excluding hydrogens is 316 g/mol. The normalized spacial score (nSPS) is 11.2. The van der Waals surface area contributed by atoms with E-state index in [1.165, 1.54) is 0 Å². The summed E-state index contributed by atoms with van der Waals surface area (Å²) in [6.45, 7) is 8.36. The summed E-state index contributed by atoms with van der Waals surface area (Å²) in [5.74, 6) is 1.75. The number of furan rings is 1. The second-order valence-electron chi connectivity index (χ2n) is 6.58. The van der Waals surface area contributed by atoms with Gasteiger partial charge in [0, 0.05) is 30.9 Å². The van der Waals surface area contributed by atoms with Gasteiger partial charge in [0.1, 0.15) is 11.5 Å². The van der Waals surface area contributed by atoms with Crippen molar-refractivity contribution in [3.05, 3.63) is 52.4 Å². The number of hydrogen-bond acceptors (Lipinski definition) is 4. The Morgan fingerprint density at radius 3 is 2.68 bits per heavy atom. The Morgan fingerprint density at radius 2 is 2.00 bits per heavy atom. The fourth-order valence-electron chi connectivity index (χ4n) is 3.12. The van der Waals surface area contributed by atoms with Crippen LogP contribution in [0.5, 0.6) is 0 Å². The number of amides is 1. The maximum absolute atomic E-state index is 12.5. The van der Waals surface area contributed by atoms with Gasteiger partial charge in [0.05, 0.1) is 12.2 Å². The molecule has 6 heteroatoms. The quantitative estimate of drug-likeness (QED) is 0.716. The third-order valence-corrected chi connectivity index (χ3v) is 4.49. The molecule has 3 aromatic rings. The highest BCUT2D eigenvalue weighted by atomic mass is 16.3. The first kappa shape index (κ1) is 17.2. The number of nitrogens with zero attached hydrogens (tertiary/aromatic N) is 4. The van der Waals surface area contributed by atoms with E-state index in [2.05, 4.69) is 10.1 Å². The molecule has 0 spiro atoms. The molecule has 1 amide bonds. The zero-order valence-corrected chi connectivity index (χ0v) is 15.5. The number of carbonyl (C=O) groups is 1. The molecule has 25 heavy (non-hydrogen) atoms. The molecular formula is C19H24N4O2. The summed E-state index contributed by atoms with van der Waals surface area (Å²) >= 11 is 0. The van der Waals surface area contributed by atoms with Crippen LogP contribution in [0.15, 0.2) is 22.6 Å². The summed E-state index contributed by atoms with van der Waals surface area (Å²) in [6, 6.07) is 5.78. The molecule has 3 heterocycles. The van der Waals surface area contributed by atoms with Gasteiger partial charge in [-0.15, -0.1) is 0 Å². The van der Waals surface area contributed by atoms with E-state index in [-0.39, 0.29) is 5.91 Å². The van der Waals surface area contributed by atoms with E-state index >= 15 is 0 Å². The molecule has 132 valence electrons. The molecule has 0 radical (unpaired) electrons. The predicted molar refractivity (Wildman–Crippen MR) is 95.4 cm³/mol. The average molecular weight is 340 g/mol. The summed E-state index contributed by atoms with van der Waals surface area (Å²) < 4.78 is 7.40. The Hall–Kier alpha value is -2.63. The molecule has 0 aliphatic carbocycles. The smallest absolute Gasteiger partial charge is 0.223 e. The summed E-state index contributed by atoms with van der Waals surface area (Å²) in [5, 5.41) is 4.48. The van der Waals surface area contributed by atoms with Gasteiger partial charge in [0.15, 0.2) is 5.65 Å². The molecule has 3 rings (SSSR count). The zero-order chi connectivity index (χ0) is 18.1. The van der Waals surface area contributed by atoms with Crippen molar-refractivity contribution in [1.29, 1.82) is 0 Å². The number of hydrogen-bond donors (Lipinski definition) is 0. The van der Waals surface area contributed by atoms with E-state index in [4.69, 9.17) is 4.42 Å². The Morgan fingerprint density at radius 1 is 1.24 bits per heavy atom. The molecule has 0 aliphatic rings. The molecule has 6 nitrogen and oxygen atoms in total. The van der Waals surface area contributed by atoms with Crippen LogP contribution in [0.2, 0.25) is 0 Å². The third-order valence-electron chi connectivity index (χ3n) is 4.49. The van der Waals surface area contributed by atoms with Crippen LogP contribution in [0.3, 0.4) is 0 Å². The fraction of sp³-hybridized carbons (Fsp3) is 0.421. The lowest BCUT2D eigenvalue weighted by Gasteiger charge is -2.17. The second-order valence-corrected chi connectivity index (χ2v) is 6.58. The van der Waals surface area contributed by atoms with Gasteiger partial charge in [-0.2, -0.15) is 5.10 Å². The van der Waals surface area contributed by atoms with E-state index in [1.54, 1.807) is 11.9 Å². The molecule has 0 saturated heterocycles. The van der Waals surface area contributed by atoms with Crippen molar-refractivity contribution in [2.75, 3.05) is 7.05 Å². The van der Waals surface area contributed by atoms with Crippen LogP contribution in [-0.4, -0.2) is 32.5 Å². The van der Waals surface area contributed by atoms with Crippen molar-refractivity contribution in [3.8, 4) is 0 Å². The van der Waals surface area contributed by atoms with Gasteiger partial charge in [0.25, 0.3) is 0 Å². The lowest BCUT2D eigenvalue weighted by atomic mass is 10.1. The van der Waals surface area contributed by atoms with Crippen molar-refractivity contribution in [2.45, 2.75) is 47.1 Å². The van der Waals surface area contributed by atoms with Gasteiger partial charge >= 0.3 is 0 Å². The largest absolute Gasteiger partial charge is 0.464 e. The van der Waals surface area contributed by atoms with E-state index < -0.39 is 0 Å². The van der Waals surface area contributed by atoms with Crippen LogP contribution < -0.4 is 0 Å². The van der Waals surface area contributed by atoms with Crippen molar-refractivity contribution >= 4 is 11.6 Å². The highest BCUT2D eigenvalue weighted by molar-refractivity contribution is 5.76. The van der Waals surface area contributed by atoms with E-state index in [9.17, 15) is 4.79 Å². The van der Waals surface area contributed by atoms with E-state index in [1.807, 2.05) is 50.4 Å². The Bertz CT molecular complexity index is 923. The number of aromatic nitrogens is 3. The molecule has 0 aliphatic heterocycles. The minimum absolute atomic E-state index is 0.0876. The van der Waals surface area contributed by atoms with E-state index in [0.717, 1.165) is 39.8 Å². The molecule has 0 N–H and O–H groups in total. The van der Waals surface area contributed by atoms with Crippen LogP contribution in [-0.2, 0) is 17.8 Å². The minimum Gasteiger partial charge on any atom is -0.464 e. The molecule has 0 unspecified atom stereocenters. The molecule has 0 bridgehead atoms. The van der Waals surface area contributed by atoms with Crippen molar-refractivity contribution in [1.82, 2.24) is 19.5 Å². The standard InChI is InChI=1S/C19H24N4O2/c1-12-10-18-20-14(3)17(15(4)23(18)21-12)8-9-19(24)22(5)11-16-7-6-13(2)25-16/h6-7,10H,8-9,11H2,1-5H3. The fourth-order valence-corrected chi connectivity index (χ4v) is 3.12. The molecule has 0 saturated carbocycles. The topological polar surface area (TPSA) is 63.6 Å². The van der Waals surface area contributed by atoms with Gasteiger partial charge in [0.2, 0.25) is 5.91 Å². The van der Waals surface area contributed by atoms with Gasteiger partial charge in [-0.05, 0) is 51.8 Å². The predicted octanol–water partition coefficient (Wildman–Crippen LogP) is 3.15. The third kappa shape index (κ3) is 3.57. The van der Waals surface area contributed by atoms with Crippen LogP contribution in [0.4, 0.5) is 0 Å². The second kappa shape index (κ2) is 6.70. The zero-order valence-electron chi connectivity index (χ0n) is 15.5. The summed E-state index contributed by atoms with van der Waals surface area (Å²) in [7, 11) is 1.80. The van der Waals surface area contributed by atoms with Crippen molar-refractivity contribution < 1.29 is 9.21 Å². The number of rotatable bonds is 5. The van der Waals surface area contributed by atoms with Gasteiger partial charge in [-0.1, -0.05) is 0 Å². The highest BCUT2D eigenvalue weighted by Crippen LogP contribution is 2.18. The number of carbonyl (C=O) groups excluding carboxylic acids is 1. The highest BCUT2D eigenvalue weighted by Gasteiger charge is 2.15. The van der Waals surface area contributed by atoms with Crippen molar-refractivity contribution in [3.63, 3.8) is 0 Å². The average Bonchev–Trinajstić information content (AvgIpc) is 3.12. The Labute approximate surface area is 147 Å². The lowest BCUT2D eigenvalue weighted by Crippen LogP contribution is -2.26. The summed E-state index contributed by atoms with van der Waals surface area (Å²) in [6.07, 6.45) is 1.09. The summed E-state index contributed by atoms with van der Waals surface area (Å²) in [5.41, 5.74) is 4.89. The maximum atomic E-state index is 12.5. The molecule has 0 atom stereocenters. The van der Waals surface area contributed by atoms with Gasteiger partial charge < -0.3 is 9.32 Å². The monoisotopic (exact) mass is 340 g/mol. The first-order chi connectivity index (χ1) is 11.8. The first-order valence-corrected chi connectivity index (χ1v) is 8.47. The van der Waals surface area contributed by atoms with Crippen LogP contribution in [0.1, 0.15) is 40.6 Å². The minimum atomic E-state index is 0.0876. The van der Waals surface area contributed by atoms with E-state index in [0.29, 0.717) is 19.4 Å². The number of fused-ring (bicyclic) bond motifs is 1. The molecule has 3 aromatic heterocycles. The maximum Gasteiger partial charge on any atom is 0.223 e.